The van der Waals surface area contributed by atoms with E-state index in [1.54, 1.807) is 12.1 Å². The Hall–Kier alpha value is -2.45. The number of likely N-dealkylation sites (tertiary alicyclic amines) is 1. The Bertz CT molecular complexity index is 846. The van der Waals surface area contributed by atoms with Gasteiger partial charge in [0.1, 0.15) is 23.8 Å². The van der Waals surface area contributed by atoms with Crippen molar-refractivity contribution in [3.05, 3.63) is 41.4 Å². The van der Waals surface area contributed by atoms with Crippen LogP contribution in [-0.2, 0) is 9.53 Å². The summed E-state index contributed by atoms with van der Waals surface area (Å²) in [6.45, 7) is 5.29. The van der Waals surface area contributed by atoms with E-state index in [-0.39, 0.29) is 11.0 Å². The van der Waals surface area contributed by atoms with Crippen molar-refractivity contribution in [3.63, 3.8) is 0 Å². The molecular formula is C21H27ClFN5O2. The number of piperidine rings is 1. The minimum absolute atomic E-state index is 0.0562. The topological polar surface area (TPSA) is 79.4 Å². The Morgan fingerprint density at radius 2 is 2.03 bits per heavy atom. The lowest BCUT2D eigenvalue weighted by Crippen LogP contribution is -2.38. The second kappa shape index (κ2) is 11.1. The lowest BCUT2D eigenvalue weighted by Gasteiger charge is -2.31. The Morgan fingerprint density at radius 1 is 1.27 bits per heavy atom. The zero-order valence-corrected chi connectivity index (χ0v) is 17.8. The van der Waals surface area contributed by atoms with Crippen molar-refractivity contribution in [1.82, 2.24) is 14.9 Å². The Labute approximate surface area is 181 Å². The van der Waals surface area contributed by atoms with Gasteiger partial charge in [-0.15, -0.1) is 0 Å². The first-order valence-corrected chi connectivity index (χ1v) is 10.6. The molecule has 3 rings (SSSR count). The van der Waals surface area contributed by atoms with Crippen molar-refractivity contribution in [1.29, 1.82) is 0 Å². The number of esters is 1. The van der Waals surface area contributed by atoms with Crippen LogP contribution in [0.25, 0.3) is 0 Å². The van der Waals surface area contributed by atoms with Crippen molar-refractivity contribution in [2.75, 3.05) is 43.4 Å². The molecule has 0 aliphatic carbocycles. The van der Waals surface area contributed by atoms with Gasteiger partial charge in [0.15, 0.2) is 0 Å². The molecule has 1 aromatic carbocycles. The van der Waals surface area contributed by atoms with Crippen LogP contribution in [0.2, 0.25) is 5.02 Å². The number of hydrogen-bond acceptors (Lipinski definition) is 7. The molecule has 0 spiro atoms. The molecule has 0 atom stereocenters. The highest BCUT2D eigenvalue weighted by Crippen LogP contribution is 2.23. The molecule has 7 nitrogen and oxygen atoms in total. The van der Waals surface area contributed by atoms with Gasteiger partial charge in [-0.2, -0.15) is 0 Å². The highest BCUT2D eigenvalue weighted by molar-refractivity contribution is 6.31. The highest BCUT2D eigenvalue weighted by Gasteiger charge is 2.21. The zero-order valence-electron chi connectivity index (χ0n) is 17.0. The van der Waals surface area contributed by atoms with E-state index in [2.05, 4.69) is 25.5 Å². The van der Waals surface area contributed by atoms with Crippen LogP contribution in [0.3, 0.4) is 0 Å². The van der Waals surface area contributed by atoms with E-state index in [1.807, 2.05) is 6.92 Å². The Balaban J connectivity index is 1.41. The molecule has 0 amide bonds. The van der Waals surface area contributed by atoms with E-state index in [0.29, 0.717) is 30.6 Å². The van der Waals surface area contributed by atoms with Crippen LogP contribution in [0, 0.1) is 11.7 Å². The standard InChI is InChI=1S/C21H27ClFN5O2/c1-2-30-21(29)13-28-9-6-15(7-10-28)5-8-24-19-12-20(26-14-25-19)27-16-3-4-18(23)17(22)11-16/h3-4,11-12,14-15H,2,5-10,13H2,1H3,(H2,24,25,26,27). The molecule has 2 heterocycles. The van der Waals surface area contributed by atoms with Gasteiger partial charge >= 0.3 is 5.97 Å². The van der Waals surface area contributed by atoms with Gasteiger partial charge in [-0.1, -0.05) is 11.6 Å². The largest absolute Gasteiger partial charge is 0.465 e. The number of halogens is 2. The van der Waals surface area contributed by atoms with Gasteiger partial charge in [-0.3, -0.25) is 9.69 Å². The predicted molar refractivity (Wildman–Crippen MR) is 116 cm³/mol. The maximum Gasteiger partial charge on any atom is 0.320 e. The fourth-order valence-electron chi connectivity index (χ4n) is 3.47. The van der Waals surface area contributed by atoms with Gasteiger partial charge in [-0.25, -0.2) is 14.4 Å². The molecule has 2 aromatic rings. The molecule has 2 N–H and O–H groups in total. The normalized spacial score (nSPS) is 15.0. The number of nitrogens with one attached hydrogen (secondary N) is 2. The number of carbonyl (C=O) groups excluding carboxylic acids is 1. The third-order valence-electron chi connectivity index (χ3n) is 5.08. The van der Waals surface area contributed by atoms with E-state index in [0.717, 1.165) is 44.7 Å². The molecule has 1 aromatic heterocycles. The van der Waals surface area contributed by atoms with Gasteiger partial charge < -0.3 is 15.4 Å². The summed E-state index contributed by atoms with van der Waals surface area (Å²) in [6, 6.07) is 6.23. The lowest BCUT2D eigenvalue weighted by atomic mass is 9.93. The number of nitrogens with zero attached hydrogens (tertiary/aromatic N) is 3. The van der Waals surface area contributed by atoms with E-state index >= 15 is 0 Å². The summed E-state index contributed by atoms with van der Waals surface area (Å²) >= 11 is 5.82. The first-order valence-electron chi connectivity index (χ1n) is 10.2. The van der Waals surface area contributed by atoms with E-state index < -0.39 is 5.82 Å². The van der Waals surface area contributed by atoms with Gasteiger partial charge in [0.25, 0.3) is 0 Å². The van der Waals surface area contributed by atoms with Crippen molar-refractivity contribution in [2.45, 2.75) is 26.2 Å². The van der Waals surface area contributed by atoms with Crippen LogP contribution in [0.4, 0.5) is 21.7 Å². The van der Waals surface area contributed by atoms with E-state index in [4.69, 9.17) is 16.3 Å². The molecule has 1 saturated heterocycles. The fraction of sp³-hybridized carbons (Fsp3) is 0.476. The van der Waals surface area contributed by atoms with Crippen molar-refractivity contribution >= 4 is 34.9 Å². The summed E-state index contributed by atoms with van der Waals surface area (Å²) in [4.78, 5) is 22.2. The molecule has 0 saturated carbocycles. The minimum Gasteiger partial charge on any atom is -0.465 e. The van der Waals surface area contributed by atoms with Crippen LogP contribution >= 0.6 is 11.6 Å². The lowest BCUT2D eigenvalue weighted by molar-refractivity contribution is -0.144. The van der Waals surface area contributed by atoms with Gasteiger partial charge in [-0.05, 0) is 63.4 Å². The molecule has 0 radical (unpaired) electrons. The maximum atomic E-state index is 13.3. The summed E-state index contributed by atoms with van der Waals surface area (Å²) < 4.78 is 18.3. The molecule has 9 heteroatoms. The number of ether oxygens (including phenoxy) is 1. The monoisotopic (exact) mass is 435 g/mol. The first-order chi connectivity index (χ1) is 14.5. The van der Waals surface area contributed by atoms with Gasteiger partial charge in [0.2, 0.25) is 0 Å². The SMILES string of the molecule is CCOC(=O)CN1CCC(CCNc2cc(Nc3ccc(F)c(Cl)c3)ncn2)CC1. The minimum atomic E-state index is -0.459. The van der Waals surface area contributed by atoms with Crippen molar-refractivity contribution < 1.29 is 13.9 Å². The smallest absolute Gasteiger partial charge is 0.320 e. The molecule has 30 heavy (non-hydrogen) atoms. The number of benzene rings is 1. The maximum absolute atomic E-state index is 13.3. The number of hydrogen-bond donors (Lipinski definition) is 2. The Kier molecular flexibility index (Phi) is 8.21. The van der Waals surface area contributed by atoms with Crippen LogP contribution in [0.5, 0.6) is 0 Å². The number of anilines is 3. The highest BCUT2D eigenvalue weighted by atomic mass is 35.5. The molecule has 0 bridgehead atoms. The summed E-state index contributed by atoms with van der Waals surface area (Å²) in [5.74, 6) is 1.34. The summed E-state index contributed by atoms with van der Waals surface area (Å²) in [5.41, 5.74) is 0.653. The second-order valence-electron chi connectivity index (χ2n) is 7.28. The Morgan fingerprint density at radius 3 is 2.77 bits per heavy atom. The van der Waals surface area contributed by atoms with Crippen molar-refractivity contribution in [2.24, 2.45) is 5.92 Å². The van der Waals surface area contributed by atoms with E-state index in [1.165, 1.54) is 18.5 Å². The van der Waals surface area contributed by atoms with Gasteiger partial charge in [0, 0.05) is 18.3 Å². The molecular weight excluding hydrogens is 409 g/mol. The van der Waals surface area contributed by atoms with Gasteiger partial charge in [0.05, 0.1) is 18.2 Å². The third kappa shape index (κ3) is 6.81. The number of rotatable bonds is 9. The second-order valence-corrected chi connectivity index (χ2v) is 7.69. The number of carbonyl (C=O) groups is 1. The van der Waals surface area contributed by atoms with E-state index in [9.17, 15) is 9.18 Å². The summed E-state index contributed by atoms with van der Waals surface area (Å²) in [7, 11) is 0. The van der Waals surface area contributed by atoms with Crippen LogP contribution in [0.1, 0.15) is 26.2 Å². The fourth-order valence-corrected chi connectivity index (χ4v) is 3.65. The molecule has 1 fully saturated rings. The average molecular weight is 436 g/mol. The zero-order chi connectivity index (χ0) is 21.3. The molecule has 162 valence electrons. The third-order valence-corrected chi connectivity index (χ3v) is 5.37. The average Bonchev–Trinajstić information content (AvgIpc) is 2.73. The summed E-state index contributed by atoms with van der Waals surface area (Å²) in [6.07, 6.45) is 4.66. The first kappa shape index (κ1) is 22.2. The number of aromatic nitrogens is 2. The molecule has 1 aliphatic rings. The molecule has 1 aliphatic heterocycles. The van der Waals surface area contributed by atoms with Crippen LogP contribution in [0.15, 0.2) is 30.6 Å². The molecule has 0 unspecified atom stereocenters. The quantitative estimate of drug-likeness (QED) is 0.574. The predicted octanol–water partition coefficient (Wildman–Crippen LogP) is 4.09. The van der Waals surface area contributed by atoms with Crippen LogP contribution < -0.4 is 10.6 Å². The van der Waals surface area contributed by atoms with Crippen LogP contribution in [-0.4, -0.2) is 53.6 Å². The van der Waals surface area contributed by atoms with Crippen molar-refractivity contribution in [3.8, 4) is 0 Å². The summed E-state index contributed by atoms with van der Waals surface area (Å²) in [5, 5.41) is 6.49.